The number of anilines is 1. The number of halogens is 2. The van der Waals surface area contributed by atoms with Crippen LogP contribution in [0.15, 0.2) is 42.5 Å². The average molecular weight is 535 g/mol. The van der Waals surface area contributed by atoms with Crippen LogP contribution in [-0.4, -0.2) is 48.1 Å². The van der Waals surface area contributed by atoms with Crippen LogP contribution in [0.25, 0.3) is 0 Å². The molecule has 3 saturated carbocycles. The number of urea groups is 1. The quantitative estimate of drug-likeness (QED) is 0.424. The molecule has 0 radical (unpaired) electrons. The molecule has 1 aliphatic heterocycles. The molecule has 2 amide bonds. The van der Waals surface area contributed by atoms with Crippen molar-refractivity contribution >= 4 is 23.3 Å². The van der Waals surface area contributed by atoms with Gasteiger partial charge in [0.1, 0.15) is 5.82 Å². The van der Waals surface area contributed by atoms with Crippen molar-refractivity contribution in [1.29, 1.82) is 5.26 Å². The first-order valence-corrected chi connectivity index (χ1v) is 14.6. The number of rotatable bonds is 7. The number of nitrogens with one attached hydrogen (secondary N) is 1. The van der Waals surface area contributed by atoms with Crippen LogP contribution in [0.3, 0.4) is 0 Å². The van der Waals surface area contributed by atoms with Gasteiger partial charge in [0.15, 0.2) is 0 Å². The fraction of sp³-hybridized carbons (Fsp3) is 0.548. The summed E-state index contributed by atoms with van der Waals surface area (Å²) < 4.78 is 13.7. The Bertz CT molecular complexity index is 1230. The number of piperidine rings is 1. The van der Waals surface area contributed by atoms with Crippen LogP contribution in [0.2, 0.25) is 5.02 Å². The van der Waals surface area contributed by atoms with E-state index in [1.165, 1.54) is 37.1 Å². The van der Waals surface area contributed by atoms with Gasteiger partial charge in [0.05, 0.1) is 16.7 Å². The standard InChI is InChI=1S/C31H36ClFN4O/c32-28-16-26(6-7-29(28)33)35-30(38)37(20-22-9-12-36(13-10-22)19-21-4-5-21)27-8-11-31(17-25(31)15-27)24-3-1-2-23(14-24)18-34/h1-3,6-7,14,16,21-22,25,27H,4-5,8-13,15,17,19-20H2,(H,35,38)/t25?,27-,31+/m0/s1. The van der Waals surface area contributed by atoms with Gasteiger partial charge in [-0.15, -0.1) is 0 Å². The summed E-state index contributed by atoms with van der Waals surface area (Å²) in [5, 5.41) is 12.4. The molecule has 1 heterocycles. The van der Waals surface area contributed by atoms with Crippen molar-refractivity contribution in [3.05, 3.63) is 64.4 Å². The fourth-order valence-electron chi connectivity index (χ4n) is 7.01. The van der Waals surface area contributed by atoms with E-state index in [0.29, 0.717) is 17.5 Å². The van der Waals surface area contributed by atoms with Gasteiger partial charge in [0.2, 0.25) is 0 Å². The number of amides is 2. The van der Waals surface area contributed by atoms with Gasteiger partial charge in [-0.3, -0.25) is 0 Å². The number of carbonyl (C=O) groups is 1. The molecule has 2 aromatic rings. The molecule has 0 aromatic heterocycles. The van der Waals surface area contributed by atoms with E-state index in [-0.39, 0.29) is 22.5 Å². The van der Waals surface area contributed by atoms with Crippen LogP contribution in [0.1, 0.15) is 62.5 Å². The number of carbonyl (C=O) groups excluding carboxylic acids is 1. The highest BCUT2D eigenvalue weighted by Gasteiger charge is 2.58. The Morgan fingerprint density at radius 3 is 2.66 bits per heavy atom. The molecular formula is C31H36ClFN4O. The number of likely N-dealkylation sites (tertiary alicyclic amines) is 1. The molecule has 1 N–H and O–H groups in total. The average Bonchev–Trinajstić information content (AvgIpc) is 3.86. The predicted molar refractivity (Wildman–Crippen MR) is 148 cm³/mol. The van der Waals surface area contributed by atoms with Gasteiger partial charge in [0, 0.05) is 24.8 Å². The molecule has 1 saturated heterocycles. The van der Waals surface area contributed by atoms with E-state index in [1.807, 2.05) is 12.1 Å². The molecule has 2 aromatic carbocycles. The van der Waals surface area contributed by atoms with Crippen LogP contribution < -0.4 is 5.32 Å². The first-order valence-electron chi connectivity index (χ1n) is 14.2. The lowest BCUT2D eigenvalue weighted by Gasteiger charge is -2.40. The molecular weight excluding hydrogens is 499 g/mol. The molecule has 4 aliphatic rings. The maximum atomic E-state index is 13.7. The van der Waals surface area contributed by atoms with Crippen LogP contribution in [0, 0.1) is 34.9 Å². The normalized spacial score (nSPS) is 27.3. The highest BCUT2D eigenvalue weighted by Crippen LogP contribution is 2.63. The van der Waals surface area contributed by atoms with Crippen molar-refractivity contribution in [2.24, 2.45) is 17.8 Å². The van der Waals surface area contributed by atoms with E-state index >= 15 is 0 Å². The third-order valence-corrected chi connectivity index (χ3v) is 9.82. The highest BCUT2D eigenvalue weighted by atomic mass is 35.5. The van der Waals surface area contributed by atoms with Gasteiger partial charge in [-0.2, -0.15) is 5.26 Å². The Balaban J connectivity index is 1.15. The Morgan fingerprint density at radius 1 is 1.13 bits per heavy atom. The van der Waals surface area contributed by atoms with Crippen molar-refractivity contribution in [3.8, 4) is 6.07 Å². The van der Waals surface area contributed by atoms with Crippen molar-refractivity contribution < 1.29 is 9.18 Å². The number of fused-ring (bicyclic) bond motifs is 1. The van der Waals surface area contributed by atoms with Crippen LogP contribution in [0.4, 0.5) is 14.9 Å². The first kappa shape index (κ1) is 25.6. The van der Waals surface area contributed by atoms with Gasteiger partial charge in [0.25, 0.3) is 0 Å². The topological polar surface area (TPSA) is 59.4 Å². The molecule has 200 valence electrons. The zero-order valence-electron chi connectivity index (χ0n) is 21.8. The Kier molecular flexibility index (Phi) is 7.09. The predicted octanol–water partition coefficient (Wildman–Crippen LogP) is 6.82. The Morgan fingerprint density at radius 2 is 1.95 bits per heavy atom. The molecule has 3 atom stereocenters. The minimum Gasteiger partial charge on any atom is -0.321 e. The molecule has 0 bridgehead atoms. The number of nitriles is 1. The molecule has 6 rings (SSSR count). The summed E-state index contributed by atoms with van der Waals surface area (Å²) in [5.41, 5.74) is 2.68. The molecule has 7 heteroatoms. The minimum atomic E-state index is -0.489. The maximum Gasteiger partial charge on any atom is 0.322 e. The first-order chi connectivity index (χ1) is 18.4. The van der Waals surface area contributed by atoms with Gasteiger partial charge >= 0.3 is 6.03 Å². The monoisotopic (exact) mass is 534 g/mol. The number of benzene rings is 2. The Hall–Kier alpha value is -2.62. The second-order valence-corrected chi connectivity index (χ2v) is 12.5. The molecule has 1 unspecified atom stereocenters. The Labute approximate surface area is 229 Å². The van der Waals surface area contributed by atoms with Gasteiger partial charge in [-0.1, -0.05) is 23.7 Å². The largest absolute Gasteiger partial charge is 0.322 e. The summed E-state index contributed by atoms with van der Waals surface area (Å²) >= 11 is 5.99. The van der Waals surface area contributed by atoms with Crippen LogP contribution in [-0.2, 0) is 5.41 Å². The van der Waals surface area contributed by atoms with Crippen molar-refractivity contribution in [2.75, 3.05) is 31.5 Å². The SMILES string of the molecule is N#Cc1cccc([C@]23CC[C@H](N(CC4CCN(CC5CC5)CC4)C(=O)Nc4ccc(F)c(Cl)c4)CC2C3)c1. The summed E-state index contributed by atoms with van der Waals surface area (Å²) in [6, 6.07) is 14.8. The van der Waals surface area contributed by atoms with Gasteiger partial charge in [-0.05, 0) is 124 Å². The summed E-state index contributed by atoms with van der Waals surface area (Å²) in [6.45, 7) is 4.24. The second-order valence-electron chi connectivity index (χ2n) is 12.1. The minimum absolute atomic E-state index is 0.0115. The van der Waals surface area contributed by atoms with E-state index in [4.69, 9.17) is 11.6 Å². The van der Waals surface area contributed by atoms with E-state index in [2.05, 4.69) is 33.3 Å². The molecule has 3 aliphatic carbocycles. The van der Waals surface area contributed by atoms with Crippen molar-refractivity contribution in [1.82, 2.24) is 9.80 Å². The molecule has 5 nitrogen and oxygen atoms in total. The third kappa shape index (κ3) is 5.42. The third-order valence-electron chi connectivity index (χ3n) is 9.53. The van der Waals surface area contributed by atoms with Gasteiger partial charge < -0.3 is 15.1 Å². The lowest BCUT2D eigenvalue weighted by atomic mass is 9.79. The van der Waals surface area contributed by atoms with Crippen molar-refractivity contribution in [3.63, 3.8) is 0 Å². The van der Waals surface area contributed by atoms with Crippen molar-refractivity contribution in [2.45, 2.75) is 62.8 Å². The number of nitrogens with zero attached hydrogens (tertiary/aromatic N) is 3. The molecule has 4 fully saturated rings. The zero-order chi connectivity index (χ0) is 26.3. The van der Waals surface area contributed by atoms with Crippen LogP contribution >= 0.6 is 11.6 Å². The summed E-state index contributed by atoms with van der Waals surface area (Å²) in [6.07, 6.45) is 9.10. The summed E-state index contributed by atoms with van der Waals surface area (Å²) in [5.74, 6) is 1.45. The second kappa shape index (κ2) is 10.5. The van der Waals surface area contributed by atoms with E-state index in [1.54, 1.807) is 6.07 Å². The van der Waals surface area contributed by atoms with E-state index < -0.39 is 5.82 Å². The zero-order valence-corrected chi connectivity index (χ0v) is 22.6. The van der Waals surface area contributed by atoms with E-state index in [0.717, 1.165) is 69.6 Å². The molecule has 38 heavy (non-hydrogen) atoms. The fourth-order valence-corrected chi connectivity index (χ4v) is 7.19. The lowest BCUT2D eigenvalue weighted by Crippen LogP contribution is -2.49. The highest BCUT2D eigenvalue weighted by molar-refractivity contribution is 6.31. The summed E-state index contributed by atoms with van der Waals surface area (Å²) in [4.78, 5) is 18.4. The van der Waals surface area contributed by atoms with Crippen LogP contribution in [0.5, 0.6) is 0 Å². The number of hydrogen-bond donors (Lipinski definition) is 1. The molecule has 0 spiro atoms. The smallest absolute Gasteiger partial charge is 0.321 e. The lowest BCUT2D eigenvalue weighted by molar-refractivity contribution is 0.115. The number of hydrogen-bond acceptors (Lipinski definition) is 3. The maximum absolute atomic E-state index is 13.7. The summed E-state index contributed by atoms with van der Waals surface area (Å²) in [7, 11) is 0. The van der Waals surface area contributed by atoms with E-state index in [9.17, 15) is 14.4 Å². The van der Waals surface area contributed by atoms with Gasteiger partial charge in [-0.25, -0.2) is 9.18 Å².